The fraction of sp³-hybridized carbons (Fsp3) is 0.0952. The summed E-state index contributed by atoms with van der Waals surface area (Å²) < 4.78 is 37.4. The van der Waals surface area contributed by atoms with Crippen molar-refractivity contribution in [3.05, 3.63) is 77.2 Å². The van der Waals surface area contributed by atoms with Crippen LogP contribution in [0.2, 0.25) is 5.02 Å². The lowest BCUT2D eigenvalue weighted by Crippen LogP contribution is -2.32. The average Bonchev–Trinajstić information content (AvgIpc) is 3.26. The van der Waals surface area contributed by atoms with Gasteiger partial charge in [0.15, 0.2) is 0 Å². The minimum absolute atomic E-state index is 0.0820. The molecule has 0 aliphatic heterocycles. The van der Waals surface area contributed by atoms with E-state index in [0.29, 0.717) is 16.5 Å². The zero-order valence-electron chi connectivity index (χ0n) is 17.2. The molecular weight excluding hydrogens is 472 g/mol. The number of nitrogens with zero attached hydrogens (tertiary/aromatic N) is 1. The van der Waals surface area contributed by atoms with Gasteiger partial charge in [-0.3, -0.25) is 9.59 Å². The minimum Gasteiger partial charge on any atom is -0.495 e. The van der Waals surface area contributed by atoms with Gasteiger partial charge in [0.25, 0.3) is 0 Å². The van der Waals surface area contributed by atoms with E-state index in [4.69, 9.17) is 20.8 Å². The lowest BCUT2D eigenvalue weighted by atomic mass is 10.3. The molecule has 1 heterocycles. The number of carbonyl (C=O) groups is 2. The van der Waals surface area contributed by atoms with Crippen LogP contribution in [-0.4, -0.2) is 33.6 Å². The van der Waals surface area contributed by atoms with Crippen LogP contribution >= 0.6 is 11.6 Å². The molecule has 0 bridgehead atoms. The molecule has 1 aromatic heterocycles. The van der Waals surface area contributed by atoms with E-state index in [2.05, 4.69) is 20.6 Å². The molecule has 0 aliphatic carbocycles. The van der Waals surface area contributed by atoms with Crippen molar-refractivity contribution in [3.63, 3.8) is 0 Å². The van der Waals surface area contributed by atoms with Crippen LogP contribution in [0.4, 0.5) is 5.69 Å². The van der Waals surface area contributed by atoms with Crippen LogP contribution in [0.3, 0.4) is 0 Å². The lowest BCUT2D eigenvalue weighted by molar-refractivity contribution is -0.136. The standard InChI is InChI=1S/C21H19ClN4O6S/c1-31-19-10-7-14(22)11-18(19)25-20(27)21(28)26-23-12-15-8-9-16(32-15)13-24-33(29,30)17-5-3-2-4-6-17/h2-12,24H,13H2,1H3,(H,25,27)(H,26,28)/b23-12+. The van der Waals surface area contributed by atoms with E-state index in [0.717, 1.165) is 0 Å². The second-order valence-corrected chi connectivity index (χ2v) is 8.64. The number of ether oxygens (including phenoxy) is 1. The second-order valence-electron chi connectivity index (χ2n) is 6.44. The number of furan rings is 1. The quantitative estimate of drug-likeness (QED) is 0.252. The number of halogens is 1. The Morgan fingerprint density at radius 1 is 1.09 bits per heavy atom. The Bertz CT molecular complexity index is 1270. The van der Waals surface area contributed by atoms with Gasteiger partial charge in [0.1, 0.15) is 17.3 Å². The van der Waals surface area contributed by atoms with Gasteiger partial charge in [-0.05, 0) is 42.5 Å². The summed E-state index contributed by atoms with van der Waals surface area (Å²) in [6, 6.07) is 15.5. The first-order chi connectivity index (χ1) is 15.8. The molecule has 3 aromatic rings. The summed E-state index contributed by atoms with van der Waals surface area (Å²) in [4.78, 5) is 24.1. The van der Waals surface area contributed by atoms with Crippen LogP contribution in [0, 0.1) is 0 Å². The van der Waals surface area contributed by atoms with Crippen LogP contribution in [0.15, 0.2) is 75.1 Å². The maximum atomic E-state index is 12.2. The molecule has 172 valence electrons. The first-order valence-corrected chi connectivity index (χ1v) is 11.3. The molecule has 0 aliphatic rings. The largest absolute Gasteiger partial charge is 0.495 e. The number of nitrogens with one attached hydrogen (secondary N) is 3. The molecule has 0 fully saturated rings. The third-order valence-corrected chi connectivity index (χ3v) is 5.80. The number of benzene rings is 2. The van der Waals surface area contributed by atoms with E-state index >= 15 is 0 Å². The fourth-order valence-electron chi connectivity index (χ4n) is 2.57. The maximum Gasteiger partial charge on any atom is 0.329 e. The minimum atomic E-state index is -3.68. The number of amides is 2. The number of hydrogen-bond donors (Lipinski definition) is 3. The highest BCUT2D eigenvalue weighted by Gasteiger charge is 2.16. The predicted molar refractivity (Wildman–Crippen MR) is 122 cm³/mol. The van der Waals surface area contributed by atoms with Gasteiger partial charge in [-0.15, -0.1) is 0 Å². The van der Waals surface area contributed by atoms with Crippen LogP contribution in [-0.2, 0) is 26.2 Å². The van der Waals surface area contributed by atoms with Gasteiger partial charge in [-0.2, -0.15) is 5.10 Å². The van der Waals surface area contributed by atoms with Crippen molar-refractivity contribution in [1.82, 2.24) is 10.1 Å². The molecule has 3 rings (SSSR count). The smallest absolute Gasteiger partial charge is 0.329 e. The van der Waals surface area contributed by atoms with Crippen LogP contribution in [0.25, 0.3) is 0 Å². The number of anilines is 1. The van der Waals surface area contributed by atoms with E-state index in [9.17, 15) is 18.0 Å². The average molecular weight is 491 g/mol. The van der Waals surface area contributed by atoms with E-state index in [1.54, 1.807) is 36.4 Å². The highest BCUT2D eigenvalue weighted by atomic mass is 35.5. The number of sulfonamides is 1. The van der Waals surface area contributed by atoms with Crippen LogP contribution < -0.4 is 20.2 Å². The summed E-state index contributed by atoms with van der Waals surface area (Å²) in [5.74, 6) is -1.12. The third kappa shape index (κ3) is 6.65. The molecule has 3 N–H and O–H groups in total. The molecule has 12 heteroatoms. The number of methoxy groups -OCH3 is 1. The molecule has 0 unspecified atom stereocenters. The van der Waals surface area contributed by atoms with Crippen LogP contribution in [0.5, 0.6) is 5.75 Å². The van der Waals surface area contributed by atoms with Crippen molar-refractivity contribution in [1.29, 1.82) is 0 Å². The highest BCUT2D eigenvalue weighted by Crippen LogP contribution is 2.27. The van der Waals surface area contributed by atoms with Crippen molar-refractivity contribution in [2.45, 2.75) is 11.4 Å². The van der Waals surface area contributed by atoms with Gasteiger partial charge in [0.05, 0.1) is 30.5 Å². The molecule has 0 atom stereocenters. The topological polar surface area (TPSA) is 139 Å². The maximum absolute atomic E-state index is 12.2. The first-order valence-electron chi connectivity index (χ1n) is 9.40. The molecule has 10 nitrogen and oxygen atoms in total. The van der Waals surface area contributed by atoms with Crippen molar-refractivity contribution >= 4 is 45.3 Å². The molecule has 2 amide bonds. The number of hydrazone groups is 1. The molecule has 33 heavy (non-hydrogen) atoms. The summed E-state index contributed by atoms with van der Waals surface area (Å²) in [6.07, 6.45) is 1.17. The van der Waals surface area contributed by atoms with E-state index in [1.807, 2.05) is 0 Å². The molecule has 0 saturated carbocycles. The van der Waals surface area contributed by atoms with Gasteiger partial charge in [0, 0.05) is 5.02 Å². The van der Waals surface area contributed by atoms with E-state index in [1.165, 1.54) is 37.6 Å². The molecule has 0 spiro atoms. The second kappa shape index (κ2) is 10.8. The summed E-state index contributed by atoms with van der Waals surface area (Å²) in [5.41, 5.74) is 2.29. The highest BCUT2D eigenvalue weighted by molar-refractivity contribution is 7.89. The van der Waals surface area contributed by atoms with Crippen molar-refractivity contribution in [2.75, 3.05) is 12.4 Å². The van der Waals surface area contributed by atoms with Gasteiger partial charge < -0.3 is 14.5 Å². The van der Waals surface area contributed by atoms with Crippen molar-refractivity contribution < 1.29 is 27.2 Å². The van der Waals surface area contributed by atoms with Crippen molar-refractivity contribution in [2.24, 2.45) is 5.10 Å². The summed E-state index contributed by atoms with van der Waals surface area (Å²) in [7, 11) is -2.27. The fourth-order valence-corrected chi connectivity index (χ4v) is 3.76. The van der Waals surface area contributed by atoms with Crippen molar-refractivity contribution in [3.8, 4) is 5.75 Å². The monoisotopic (exact) mass is 490 g/mol. The van der Waals surface area contributed by atoms with E-state index < -0.39 is 21.8 Å². The Morgan fingerprint density at radius 3 is 2.58 bits per heavy atom. The normalized spacial score (nSPS) is 11.3. The Morgan fingerprint density at radius 2 is 1.85 bits per heavy atom. The Labute approximate surface area is 194 Å². The Balaban J connectivity index is 1.52. The third-order valence-electron chi connectivity index (χ3n) is 4.15. The molecule has 2 aromatic carbocycles. The van der Waals surface area contributed by atoms with Gasteiger partial charge in [-0.25, -0.2) is 18.6 Å². The summed E-state index contributed by atoms with van der Waals surface area (Å²) >= 11 is 5.89. The van der Waals surface area contributed by atoms with Gasteiger partial charge in [-0.1, -0.05) is 29.8 Å². The molecular formula is C21H19ClN4O6S. The zero-order chi connectivity index (χ0) is 23.8. The zero-order valence-corrected chi connectivity index (χ0v) is 18.8. The molecule has 0 saturated heterocycles. The lowest BCUT2D eigenvalue weighted by Gasteiger charge is -2.09. The SMILES string of the molecule is COc1ccc(Cl)cc1NC(=O)C(=O)N/N=C/c1ccc(CNS(=O)(=O)c2ccccc2)o1. The number of carbonyl (C=O) groups excluding carboxylic acids is 2. The summed E-state index contributed by atoms with van der Waals surface area (Å²) in [6.45, 7) is -0.0820. The van der Waals surface area contributed by atoms with Gasteiger partial charge in [0.2, 0.25) is 10.0 Å². The van der Waals surface area contributed by atoms with Crippen LogP contribution in [0.1, 0.15) is 11.5 Å². The van der Waals surface area contributed by atoms with Gasteiger partial charge >= 0.3 is 11.8 Å². The molecule has 0 radical (unpaired) electrons. The predicted octanol–water partition coefficient (Wildman–Crippen LogP) is 2.51. The van der Waals surface area contributed by atoms with E-state index in [-0.39, 0.29) is 22.9 Å². The first kappa shape index (κ1) is 24.0. The summed E-state index contributed by atoms with van der Waals surface area (Å²) in [5, 5.41) is 6.39. The number of hydrogen-bond acceptors (Lipinski definition) is 7. The Hall–Kier alpha value is -3.67. The Kier molecular flexibility index (Phi) is 7.83. The number of rotatable bonds is 8.